The molecule has 0 unspecified atom stereocenters. The van der Waals surface area contributed by atoms with Gasteiger partial charge in [-0.1, -0.05) is 25.2 Å². The van der Waals surface area contributed by atoms with Crippen LogP contribution in [0, 0.1) is 11.8 Å². The molecule has 11 nitrogen and oxygen atoms in total. The zero-order chi connectivity index (χ0) is 29.0. The number of thiazole rings is 1. The molecule has 2 heterocycles. The second kappa shape index (κ2) is 12.1. The molecule has 4 N–H and O–H groups in total. The number of methoxy groups -OCH3 is 1. The van der Waals surface area contributed by atoms with Gasteiger partial charge in [0, 0.05) is 18.5 Å². The summed E-state index contributed by atoms with van der Waals surface area (Å²) in [7, 11) is 18.1. The minimum atomic E-state index is -2.00. The van der Waals surface area contributed by atoms with Crippen LogP contribution < -0.4 is 26.0 Å². The van der Waals surface area contributed by atoms with Crippen molar-refractivity contribution in [2.45, 2.75) is 31.9 Å². The van der Waals surface area contributed by atoms with E-state index in [0.29, 0.717) is 39.3 Å². The van der Waals surface area contributed by atoms with Crippen LogP contribution in [0.4, 0.5) is 17.2 Å². The van der Waals surface area contributed by atoms with Gasteiger partial charge in [0.15, 0.2) is 17.3 Å². The summed E-state index contributed by atoms with van der Waals surface area (Å²) in [6.45, 7) is 4.57. The third-order valence-corrected chi connectivity index (χ3v) is 6.69. The van der Waals surface area contributed by atoms with Crippen LogP contribution in [0.5, 0.6) is 5.75 Å². The second-order valence-electron chi connectivity index (χ2n) is 9.79. The minimum Gasteiger partial charge on any atom is -0.494 e. The van der Waals surface area contributed by atoms with Crippen LogP contribution in [-0.4, -0.2) is 75.3 Å². The summed E-state index contributed by atoms with van der Waals surface area (Å²) in [4.78, 5) is 42.6. The molecule has 1 saturated carbocycles. The van der Waals surface area contributed by atoms with Crippen LogP contribution in [0.25, 0.3) is 10.6 Å². The Morgan fingerprint density at radius 2 is 1.88 bits per heavy atom. The molecule has 1 aliphatic carbocycles. The topological polar surface area (TPSA) is 147 Å². The lowest BCUT2D eigenvalue weighted by molar-refractivity contribution is -0.117. The van der Waals surface area contributed by atoms with Gasteiger partial charge in [-0.2, -0.15) is 0 Å². The van der Waals surface area contributed by atoms with Crippen LogP contribution in [0.1, 0.15) is 46.8 Å². The lowest BCUT2D eigenvalue weighted by Crippen LogP contribution is -2.50. The maximum absolute atomic E-state index is 12.9. The van der Waals surface area contributed by atoms with Crippen molar-refractivity contribution in [2.75, 3.05) is 24.3 Å². The van der Waals surface area contributed by atoms with Crippen LogP contribution in [0.2, 0.25) is 0 Å². The van der Waals surface area contributed by atoms with E-state index in [1.54, 1.807) is 18.2 Å². The monoisotopic (exact) mass is 553 g/mol. The van der Waals surface area contributed by atoms with Gasteiger partial charge in [-0.25, -0.2) is 4.98 Å². The average molecular weight is 553 g/mol. The highest BCUT2D eigenvalue weighted by molar-refractivity contribution is 7.17. The van der Waals surface area contributed by atoms with Crippen LogP contribution in [0.15, 0.2) is 30.5 Å². The molecule has 1 fully saturated rings. The molecule has 3 aromatic rings. The summed E-state index contributed by atoms with van der Waals surface area (Å²) in [6.07, 6.45) is 3.12. The zero-order valence-electron chi connectivity index (χ0n) is 22.3. The Labute approximate surface area is 239 Å². The van der Waals surface area contributed by atoms with Gasteiger partial charge in [0.25, 0.3) is 11.8 Å². The minimum absolute atomic E-state index is 0.0686. The first-order valence-electron chi connectivity index (χ1n) is 12.5. The fourth-order valence-electron chi connectivity index (χ4n) is 3.60. The number of para-hydroxylation sites is 1. The summed E-state index contributed by atoms with van der Waals surface area (Å²) in [6, 6.07) is 6.73. The lowest BCUT2D eigenvalue weighted by Gasteiger charge is -2.23. The Morgan fingerprint density at radius 1 is 1.12 bits per heavy atom. The Hall–Kier alpha value is -3.87. The molecule has 0 atom stereocenters. The molecule has 0 spiro atoms. The standard InChI is InChI=1S/C25H26B3N7O4S/c1-12(2)10-29-22(37)17-11-30-24(40-17)14-5-4-6-15(20(14)39-3)31-16-9-18(32-21(36)13-7-8-13)34-35-19(16)23(38)33-25(26,27)28/h4-6,9,11-13H,7-8,10H2,1-3H3,(H,29,37)(H,33,38)(H2,31,32,34,36). The zero-order valence-corrected chi connectivity index (χ0v) is 23.1. The SMILES string of the molecule is [B]C([B])([B])NC(=O)c1nnc(NC(=O)C2CC2)cc1Nc1cccc(-c2ncc(C(=O)NCC(C)C)s2)c1OC. The number of anilines is 3. The molecule has 0 aliphatic heterocycles. The number of carbonyl (C=O) groups excluding carboxylic acids is 3. The molecule has 40 heavy (non-hydrogen) atoms. The Balaban J connectivity index is 1.67. The van der Waals surface area contributed by atoms with E-state index in [-0.39, 0.29) is 34.9 Å². The van der Waals surface area contributed by atoms with Crippen molar-refractivity contribution in [1.29, 1.82) is 0 Å². The van der Waals surface area contributed by atoms with Crippen LogP contribution in [-0.2, 0) is 4.79 Å². The molecule has 2 aromatic heterocycles. The van der Waals surface area contributed by atoms with Gasteiger partial charge in [-0.05, 0) is 30.9 Å². The van der Waals surface area contributed by atoms with Gasteiger partial charge in [0.2, 0.25) is 5.91 Å². The van der Waals surface area contributed by atoms with E-state index in [2.05, 4.69) is 36.4 Å². The first kappa shape index (κ1) is 29.1. The highest BCUT2D eigenvalue weighted by Gasteiger charge is 2.30. The number of ether oxygens (including phenoxy) is 1. The maximum atomic E-state index is 12.9. The Kier molecular flexibility index (Phi) is 8.82. The van der Waals surface area contributed by atoms with Gasteiger partial charge in [-0.15, -0.1) is 21.5 Å². The van der Waals surface area contributed by atoms with E-state index in [9.17, 15) is 14.4 Å². The van der Waals surface area contributed by atoms with Crippen molar-refractivity contribution in [2.24, 2.45) is 11.8 Å². The number of nitrogens with zero attached hydrogens (tertiary/aromatic N) is 3. The predicted molar refractivity (Wildman–Crippen MR) is 155 cm³/mol. The Morgan fingerprint density at radius 3 is 2.52 bits per heavy atom. The molecule has 0 bridgehead atoms. The third kappa shape index (κ3) is 7.41. The highest BCUT2D eigenvalue weighted by Crippen LogP contribution is 2.40. The summed E-state index contributed by atoms with van der Waals surface area (Å²) >= 11 is 1.22. The molecule has 0 saturated heterocycles. The van der Waals surface area contributed by atoms with Crippen molar-refractivity contribution < 1.29 is 19.1 Å². The largest absolute Gasteiger partial charge is 0.494 e. The molecular weight excluding hydrogens is 527 g/mol. The normalized spacial score (nSPS) is 13.0. The first-order valence-corrected chi connectivity index (χ1v) is 13.3. The molecule has 3 amide bonds. The summed E-state index contributed by atoms with van der Waals surface area (Å²) in [5.74, 6) is -0.409. The lowest BCUT2D eigenvalue weighted by atomic mass is 9.49. The van der Waals surface area contributed by atoms with Gasteiger partial charge in [-0.3, -0.25) is 14.4 Å². The van der Waals surface area contributed by atoms with Gasteiger partial charge in [0.05, 0.1) is 53.8 Å². The van der Waals surface area contributed by atoms with E-state index >= 15 is 0 Å². The van der Waals surface area contributed by atoms with Gasteiger partial charge >= 0.3 is 0 Å². The summed E-state index contributed by atoms with van der Waals surface area (Å²) < 4.78 is 5.70. The van der Waals surface area contributed by atoms with Crippen molar-refractivity contribution in [3.05, 3.63) is 41.0 Å². The van der Waals surface area contributed by atoms with Crippen LogP contribution >= 0.6 is 11.3 Å². The fourth-order valence-corrected chi connectivity index (χ4v) is 4.46. The van der Waals surface area contributed by atoms with E-state index in [1.165, 1.54) is 30.7 Å². The number of benzene rings is 1. The molecule has 1 aromatic carbocycles. The second-order valence-corrected chi connectivity index (χ2v) is 10.8. The van der Waals surface area contributed by atoms with E-state index in [1.807, 2.05) is 13.8 Å². The van der Waals surface area contributed by atoms with E-state index in [0.717, 1.165) is 12.8 Å². The molecular formula is C25H26B3N7O4S. The van der Waals surface area contributed by atoms with Crippen molar-refractivity contribution in [1.82, 2.24) is 25.8 Å². The quantitative estimate of drug-likeness (QED) is 0.264. The number of carbonyl (C=O) groups is 3. The average Bonchev–Trinajstić information content (AvgIpc) is 3.63. The molecule has 6 radical (unpaired) electrons. The summed E-state index contributed by atoms with van der Waals surface area (Å²) in [5, 5.41) is 17.4. The number of hydrogen-bond acceptors (Lipinski definition) is 9. The highest BCUT2D eigenvalue weighted by atomic mass is 32.1. The molecule has 15 heteroatoms. The van der Waals surface area contributed by atoms with Crippen molar-refractivity contribution >= 4 is 69.8 Å². The van der Waals surface area contributed by atoms with Crippen molar-refractivity contribution in [3.8, 4) is 16.3 Å². The number of aromatic nitrogens is 3. The van der Waals surface area contributed by atoms with Crippen molar-refractivity contribution in [3.63, 3.8) is 0 Å². The van der Waals surface area contributed by atoms with Crippen LogP contribution in [0.3, 0.4) is 0 Å². The smallest absolute Gasteiger partial charge is 0.272 e. The number of amides is 3. The maximum Gasteiger partial charge on any atom is 0.272 e. The molecule has 1 aliphatic rings. The number of nitrogens with one attached hydrogen (secondary N) is 4. The first-order chi connectivity index (χ1) is 18.9. The molecule has 200 valence electrons. The molecule has 4 rings (SSSR count). The van der Waals surface area contributed by atoms with Gasteiger partial charge < -0.3 is 26.0 Å². The van der Waals surface area contributed by atoms with E-state index < -0.39 is 11.1 Å². The Bertz CT molecular complexity index is 1420. The predicted octanol–water partition coefficient (Wildman–Crippen LogP) is 1.93. The van der Waals surface area contributed by atoms with Gasteiger partial charge in [0.1, 0.15) is 9.88 Å². The number of hydrogen-bond donors (Lipinski definition) is 4. The fraction of sp³-hybridized carbons (Fsp3) is 0.360. The number of rotatable bonds is 11. The summed E-state index contributed by atoms with van der Waals surface area (Å²) in [5.41, 5.74) is 1.05. The van der Waals surface area contributed by atoms with E-state index in [4.69, 9.17) is 28.3 Å². The third-order valence-electron chi connectivity index (χ3n) is 5.66.